The number of rotatable bonds is 4. The van der Waals surface area contributed by atoms with Gasteiger partial charge in [-0.2, -0.15) is 0 Å². The number of aliphatic hydroxyl groups is 2. The van der Waals surface area contributed by atoms with Crippen LogP contribution in [0.4, 0.5) is 0 Å². The fourth-order valence-corrected chi connectivity index (χ4v) is 2.80. The summed E-state index contributed by atoms with van der Waals surface area (Å²) >= 11 is 0. The van der Waals surface area contributed by atoms with Crippen LogP contribution < -0.4 is 0 Å². The van der Waals surface area contributed by atoms with E-state index in [9.17, 15) is 10.2 Å². The molecule has 1 aliphatic heterocycles. The van der Waals surface area contributed by atoms with E-state index in [1.165, 1.54) is 5.56 Å². The first kappa shape index (κ1) is 13.5. The minimum absolute atomic E-state index is 0.0871. The Balaban J connectivity index is 1.96. The quantitative estimate of drug-likeness (QED) is 0.850. The standard InChI is InChI=1S/C15H23NO2/c1-13-9-16(8-7-15(13,11-17)12-18)10-14-5-3-2-4-6-14/h2-6,13,17-18H,7-12H2,1H3. The molecule has 0 aromatic heterocycles. The first-order chi connectivity index (χ1) is 8.70. The predicted octanol–water partition coefficient (Wildman–Crippen LogP) is 1.50. The third-order valence-corrected chi connectivity index (χ3v) is 4.38. The second kappa shape index (κ2) is 5.83. The molecule has 1 fully saturated rings. The van der Waals surface area contributed by atoms with Gasteiger partial charge in [-0.3, -0.25) is 4.90 Å². The summed E-state index contributed by atoms with van der Waals surface area (Å²) in [7, 11) is 0. The molecule has 0 bridgehead atoms. The molecule has 1 saturated heterocycles. The lowest BCUT2D eigenvalue weighted by Crippen LogP contribution is -2.49. The lowest BCUT2D eigenvalue weighted by Gasteiger charge is -2.44. The average molecular weight is 249 g/mol. The summed E-state index contributed by atoms with van der Waals surface area (Å²) in [5.74, 6) is 0.324. The topological polar surface area (TPSA) is 43.7 Å². The molecule has 2 N–H and O–H groups in total. The highest BCUT2D eigenvalue weighted by molar-refractivity contribution is 5.14. The van der Waals surface area contributed by atoms with Crippen molar-refractivity contribution in [3.8, 4) is 0 Å². The molecule has 3 heteroatoms. The van der Waals surface area contributed by atoms with Gasteiger partial charge in [-0.15, -0.1) is 0 Å². The minimum Gasteiger partial charge on any atom is -0.396 e. The molecule has 0 aliphatic carbocycles. The van der Waals surface area contributed by atoms with Crippen molar-refractivity contribution in [2.24, 2.45) is 11.3 Å². The Morgan fingerprint density at radius 2 is 1.89 bits per heavy atom. The van der Waals surface area contributed by atoms with Gasteiger partial charge in [0.15, 0.2) is 0 Å². The van der Waals surface area contributed by atoms with Gasteiger partial charge in [-0.1, -0.05) is 37.3 Å². The molecule has 1 unspecified atom stereocenters. The molecule has 0 saturated carbocycles. The smallest absolute Gasteiger partial charge is 0.0512 e. The maximum absolute atomic E-state index is 9.51. The van der Waals surface area contributed by atoms with Gasteiger partial charge in [0.2, 0.25) is 0 Å². The van der Waals surface area contributed by atoms with Gasteiger partial charge in [-0.25, -0.2) is 0 Å². The van der Waals surface area contributed by atoms with E-state index in [1.54, 1.807) is 0 Å². The Bertz CT molecular complexity index is 362. The van der Waals surface area contributed by atoms with Crippen LogP contribution in [0.25, 0.3) is 0 Å². The molecule has 3 nitrogen and oxygen atoms in total. The second-order valence-electron chi connectivity index (χ2n) is 5.55. The number of likely N-dealkylation sites (tertiary alicyclic amines) is 1. The van der Waals surface area contributed by atoms with Gasteiger partial charge in [0.1, 0.15) is 0 Å². The van der Waals surface area contributed by atoms with E-state index in [-0.39, 0.29) is 18.6 Å². The molecule has 0 spiro atoms. The molecule has 1 atom stereocenters. The fraction of sp³-hybridized carbons (Fsp3) is 0.600. The van der Waals surface area contributed by atoms with Crippen LogP contribution in [0, 0.1) is 11.3 Å². The second-order valence-corrected chi connectivity index (χ2v) is 5.55. The van der Waals surface area contributed by atoms with Gasteiger partial charge in [0, 0.05) is 18.5 Å². The molecule has 18 heavy (non-hydrogen) atoms. The largest absolute Gasteiger partial charge is 0.396 e. The van der Waals surface area contributed by atoms with Crippen LogP contribution in [0.3, 0.4) is 0 Å². The first-order valence-electron chi connectivity index (χ1n) is 6.68. The van der Waals surface area contributed by atoms with Crippen LogP contribution in [0.2, 0.25) is 0 Å². The van der Waals surface area contributed by atoms with E-state index in [1.807, 2.05) is 6.07 Å². The molecule has 1 aromatic rings. The summed E-state index contributed by atoms with van der Waals surface area (Å²) in [6.45, 7) is 5.14. The summed E-state index contributed by atoms with van der Waals surface area (Å²) in [4.78, 5) is 2.41. The number of piperidine rings is 1. The zero-order valence-electron chi connectivity index (χ0n) is 11.0. The molecule has 0 radical (unpaired) electrons. The van der Waals surface area contributed by atoms with Crippen molar-refractivity contribution in [3.63, 3.8) is 0 Å². The Labute approximate surface area is 109 Å². The summed E-state index contributed by atoms with van der Waals surface area (Å²) in [5, 5.41) is 19.0. The van der Waals surface area contributed by atoms with Gasteiger partial charge < -0.3 is 10.2 Å². The van der Waals surface area contributed by atoms with Crippen molar-refractivity contribution in [1.29, 1.82) is 0 Å². The molecule has 1 heterocycles. The number of hydrogen-bond donors (Lipinski definition) is 2. The van der Waals surface area contributed by atoms with Crippen molar-refractivity contribution >= 4 is 0 Å². The maximum Gasteiger partial charge on any atom is 0.0512 e. The number of nitrogens with zero attached hydrogens (tertiary/aromatic N) is 1. The lowest BCUT2D eigenvalue weighted by atomic mass is 9.72. The number of aliphatic hydroxyl groups excluding tert-OH is 2. The van der Waals surface area contributed by atoms with Crippen molar-refractivity contribution < 1.29 is 10.2 Å². The van der Waals surface area contributed by atoms with Gasteiger partial charge in [-0.05, 0) is 24.4 Å². The fourth-order valence-electron chi connectivity index (χ4n) is 2.80. The minimum atomic E-state index is -0.285. The first-order valence-corrected chi connectivity index (χ1v) is 6.68. The number of benzene rings is 1. The summed E-state index contributed by atoms with van der Waals surface area (Å²) < 4.78 is 0. The Morgan fingerprint density at radius 1 is 1.22 bits per heavy atom. The Hall–Kier alpha value is -0.900. The Morgan fingerprint density at radius 3 is 2.44 bits per heavy atom. The molecule has 2 rings (SSSR count). The zero-order valence-corrected chi connectivity index (χ0v) is 11.0. The van der Waals surface area contributed by atoms with Crippen LogP contribution in [0.5, 0.6) is 0 Å². The van der Waals surface area contributed by atoms with E-state index in [0.717, 1.165) is 26.1 Å². The highest BCUT2D eigenvalue weighted by atomic mass is 16.3. The molecule has 1 aliphatic rings. The van der Waals surface area contributed by atoms with E-state index in [4.69, 9.17) is 0 Å². The van der Waals surface area contributed by atoms with E-state index >= 15 is 0 Å². The molecular formula is C15H23NO2. The normalized spacial score (nSPS) is 24.1. The summed E-state index contributed by atoms with van der Waals surface area (Å²) in [6.07, 6.45) is 0.869. The van der Waals surface area contributed by atoms with Gasteiger partial charge in [0.05, 0.1) is 13.2 Å². The SMILES string of the molecule is CC1CN(Cc2ccccc2)CCC1(CO)CO. The monoisotopic (exact) mass is 249 g/mol. The van der Waals surface area contributed by atoms with Crippen molar-refractivity contribution in [2.75, 3.05) is 26.3 Å². The molecule has 100 valence electrons. The van der Waals surface area contributed by atoms with E-state index in [0.29, 0.717) is 5.92 Å². The van der Waals surface area contributed by atoms with E-state index in [2.05, 4.69) is 36.1 Å². The summed E-state index contributed by atoms with van der Waals surface area (Å²) in [5.41, 5.74) is 1.04. The maximum atomic E-state index is 9.51. The highest BCUT2D eigenvalue weighted by Crippen LogP contribution is 2.35. The highest BCUT2D eigenvalue weighted by Gasteiger charge is 2.39. The van der Waals surface area contributed by atoms with Crippen LogP contribution in [-0.2, 0) is 6.54 Å². The Kier molecular flexibility index (Phi) is 4.38. The lowest BCUT2D eigenvalue weighted by molar-refractivity contribution is -0.0449. The molecule has 0 amide bonds. The van der Waals surface area contributed by atoms with Crippen LogP contribution in [-0.4, -0.2) is 41.4 Å². The van der Waals surface area contributed by atoms with Gasteiger partial charge >= 0.3 is 0 Å². The van der Waals surface area contributed by atoms with E-state index < -0.39 is 0 Å². The third kappa shape index (κ3) is 2.74. The zero-order chi connectivity index (χ0) is 13.0. The van der Waals surface area contributed by atoms with Crippen LogP contribution in [0.15, 0.2) is 30.3 Å². The summed E-state index contributed by atoms with van der Waals surface area (Å²) in [6, 6.07) is 10.4. The van der Waals surface area contributed by atoms with Crippen molar-refractivity contribution in [1.82, 2.24) is 4.90 Å². The predicted molar refractivity (Wildman–Crippen MR) is 72.1 cm³/mol. The van der Waals surface area contributed by atoms with Crippen LogP contribution >= 0.6 is 0 Å². The van der Waals surface area contributed by atoms with Crippen LogP contribution in [0.1, 0.15) is 18.9 Å². The molecule has 1 aromatic carbocycles. The molecular weight excluding hydrogens is 226 g/mol. The number of hydrogen-bond acceptors (Lipinski definition) is 3. The van der Waals surface area contributed by atoms with Crippen molar-refractivity contribution in [3.05, 3.63) is 35.9 Å². The third-order valence-electron chi connectivity index (χ3n) is 4.38. The van der Waals surface area contributed by atoms with Gasteiger partial charge in [0.25, 0.3) is 0 Å². The average Bonchev–Trinajstić information content (AvgIpc) is 2.41. The van der Waals surface area contributed by atoms with Crippen molar-refractivity contribution in [2.45, 2.75) is 19.9 Å².